The summed E-state index contributed by atoms with van der Waals surface area (Å²) >= 11 is 0. The van der Waals surface area contributed by atoms with Crippen LogP contribution in [0.2, 0.25) is 0 Å². The van der Waals surface area contributed by atoms with Gasteiger partial charge in [0.05, 0.1) is 11.1 Å². The van der Waals surface area contributed by atoms with Crippen molar-refractivity contribution in [2.45, 2.75) is 0 Å². The van der Waals surface area contributed by atoms with Gasteiger partial charge in [-0.25, -0.2) is 14.4 Å². The molecule has 2 aromatic carbocycles. The van der Waals surface area contributed by atoms with Gasteiger partial charge in [0, 0.05) is 17.3 Å². The van der Waals surface area contributed by atoms with E-state index >= 15 is 0 Å². The van der Waals surface area contributed by atoms with E-state index in [2.05, 4.69) is 15.1 Å². The molecule has 0 saturated heterocycles. The lowest BCUT2D eigenvalue weighted by Crippen LogP contribution is -1.94. The highest BCUT2D eigenvalue weighted by molar-refractivity contribution is 5.94. The fraction of sp³-hybridized carbons (Fsp3) is 0. The van der Waals surface area contributed by atoms with Crippen molar-refractivity contribution in [2.75, 3.05) is 5.73 Å². The second-order valence-corrected chi connectivity index (χ2v) is 5.05. The summed E-state index contributed by atoms with van der Waals surface area (Å²) in [7, 11) is 0. The van der Waals surface area contributed by atoms with E-state index in [4.69, 9.17) is 10.3 Å². The van der Waals surface area contributed by atoms with Crippen LogP contribution in [0.4, 0.5) is 10.3 Å². The van der Waals surface area contributed by atoms with Crippen molar-refractivity contribution in [3.63, 3.8) is 0 Å². The number of halogens is 1. The van der Waals surface area contributed by atoms with Crippen LogP contribution in [-0.4, -0.2) is 15.1 Å². The van der Waals surface area contributed by atoms with Crippen LogP contribution >= 0.6 is 0 Å². The number of hydrogen-bond acceptors (Lipinski definition) is 5. The standard InChI is InChI=1S/C17H11FN4O/c18-12-4-1-10(2-5-12)16-13-9-11(3-6-15(13)22-23-16)14-7-8-20-17(19)21-14/h1-9H,(H2,19,20,21). The monoisotopic (exact) mass is 306 g/mol. The van der Waals surface area contributed by atoms with Gasteiger partial charge in [0.1, 0.15) is 11.3 Å². The Bertz CT molecular complexity index is 995. The van der Waals surface area contributed by atoms with Crippen molar-refractivity contribution < 1.29 is 8.91 Å². The van der Waals surface area contributed by atoms with E-state index in [-0.39, 0.29) is 11.8 Å². The molecule has 4 aromatic rings. The molecule has 0 aliphatic rings. The highest BCUT2D eigenvalue weighted by Crippen LogP contribution is 2.31. The van der Waals surface area contributed by atoms with E-state index in [1.54, 1.807) is 24.4 Å². The lowest BCUT2D eigenvalue weighted by Gasteiger charge is -2.02. The van der Waals surface area contributed by atoms with Gasteiger partial charge in [0.25, 0.3) is 0 Å². The second kappa shape index (κ2) is 5.17. The van der Waals surface area contributed by atoms with Crippen LogP contribution in [-0.2, 0) is 0 Å². The number of anilines is 1. The smallest absolute Gasteiger partial charge is 0.220 e. The Morgan fingerprint density at radius 3 is 2.52 bits per heavy atom. The Morgan fingerprint density at radius 1 is 0.957 bits per heavy atom. The first-order valence-corrected chi connectivity index (χ1v) is 6.95. The molecule has 2 aromatic heterocycles. The van der Waals surface area contributed by atoms with Gasteiger partial charge < -0.3 is 10.3 Å². The Kier molecular flexibility index (Phi) is 3.01. The fourth-order valence-electron chi connectivity index (χ4n) is 2.44. The Balaban J connectivity index is 1.88. The van der Waals surface area contributed by atoms with Crippen LogP contribution in [0.3, 0.4) is 0 Å². The maximum Gasteiger partial charge on any atom is 0.220 e. The lowest BCUT2D eigenvalue weighted by molar-refractivity contribution is 0.441. The van der Waals surface area contributed by atoms with Gasteiger partial charge in [-0.2, -0.15) is 0 Å². The minimum Gasteiger partial charge on any atom is -0.368 e. The van der Waals surface area contributed by atoms with Crippen molar-refractivity contribution in [1.29, 1.82) is 0 Å². The quantitative estimate of drug-likeness (QED) is 0.611. The Morgan fingerprint density at radius 2 is 1.74 bits per heavy atom. The third-order valence-electron chi connectivity index (χ3n) is 3.55. The number of nitrogens with two attached hydrogens (primary N) is 1. The lowest BCUT2D eigenvalue weighted by atomic mass is 10.0. The molecule has 2 N–H and O–H groups in total. The molecule has 0 aliphatic heterocycles. The molecular formula is C17H11FN4O. The fourth-order valence-corrected chi connectivity index (χ4v) is 2.44. The molecule has 0 atom stereocenters. The van der Waals surface area contributed by atoms with E-state index in [0.717, 1.165) is 22.0 Å². The highest BCUT2D eigenvalue weighted by atomic mass is 19.1. The zero-order chi connectivity index (χ0) is 15.8. The van der Waals surface area contributed by atoms with Crippen molar-refractivity contribution in [1.82, 2.24) is 15.1 Å². The molecule has 5 nitrogen and oxygen atoms in total. The normalized spacial score (nSPS) is 11.0. The summed E-state index contributed by atoms with van der Waals surface area (Å²) in [6.45, 7) is 0. The largest absolute Gasteiger partial charge is 0.368 e. The van der Waals surface area contributed by atoms with Crippen molar-refractivity contribution in [2.24, 2.45) is 0 Å². The second-order valence-electron chi connectivity index (χ2n) is 5.05. The zero-order valence-electron chi connectivity index (χ0n) is 11.9. The minimum absolute atomic E-state index is 0.215. The van der Waals surface area contributed by atoms with E-state index in [0.29, 0.717) is 11.5 Å². The summed E-state index contributed by atoms with van der Waals surface area (Å²) in [6, 6.07) is 13.5. The van der Waals surface area contributed by atoms with E-state index in [9.17, 15) is 4.39 Å². The van der Waals surface area contributed by atoms with Gasteiger partial charge in [-0.15, -0.1) is 0 Å². The predicted molar refractivity (Wildman–Crippen MR) is 84.8 cm³/mol. The molecule has 0 bridgehead atoms. The molecule has 0 aliphatic carbocycles. The molecule has 0 radical (unpaired) electrons. The highest BCUT2D eigenvalue weighted by Gasteiger charge is 2.12. The molecule has 112 valence electrons. The third-order valence-corrected chi connectivity index (χ3v) is 3.55. The van der Waals surface area contributed by atoms with Crippen molar-refractivity contribution in [3.05, 3.63) is 60.5 Å². The molecular weight excluding hydrogens is 295 g/mol. The molecule has 0 amide bonds. The average Bonchev–Trinajstić information content (AvgIpc) is 2.99. The van der Waals surface area contributed by atoms with Gasteiger partial charge in [0.15, 0.2) is 5.76 Å². The van der Waals surface area contributed by atoms with Crippen LogP contribution in [0, 0.1) is 5.82 Å². The number of fused-ring (bicyclic) bond motifs is 1. The minimum atomic E-state index is -0.297. The summed E-state index contributed by atoms with van der Waals surface area (Å²) in [5.74, 6) is 0.505. The molecule has 6 heteroatoms. The summed E-state index contributed by atoms with van der Waals surface area (Å²) < 4.78 is 18.5. The molecule has 2 heterocycles. The number of nitrogen functional groups attached to an aromatic ring is 1. The van der Waals surface area contributed by atoms with Gasteiger partial charge >= 0.3 is 0 Å². The third kappa shape index (κ3) is 2.40. The van der Waals surface area contributed by atoms with Crippen molar-refractivity contribution >= 4 is 16.9 Å². The first kappa shape index (κ1) is 13.4. The maximum atomic E-state index is 13.1. The van der Waals surface area contributed by atoms with Crippen molar-refractivity contribution in [3.8, 4) is 22.6 Å². The summed E-state index contributed by atoms with van der Waals surface area (Å²) in [5.41, 5.74) is 8.70. The maximum absolute atomic E-state index is 13.1. The average molecular weight is 306 g/mol. The van der Waals surface area contributed by atoms with Gasteiger partial charge in [-0.3, -0.25) is 0 Å². The molecule has 0 saturated carbocycles. The summed E-state index contributed by atoms with van der Waals surface area (Å²) in [6.07, 6.45) is 1.61. The van der Waals surface area contributed by atoms with E-state index in [1.165, 1.54) is 12.1 Å². The molecule has 4 rings (SSSR count). The van der Waals surface area contributed by atoms with Crippen LogP contribution in [0.25, 0.3) is 33.5 Å². The zero-order valence-corrected chi connectivity index (χ0v) is 11.9. The number of benzene rings is 2. The molecule has 23 heavy (non-hydrogen) atoms. The first-order chi connectivity index (χ1) is 11.2. The predicted octanol–water partition coefficient (Wildman–Crippen LogP) is 3.67. The van der Waals surface area contributed by atoms with Crippen LogP contribution in [0.5, 0.6) is 0 Å². The van der Waals surface area contributed by atoms with Gasteiger partial charge in [0.2, 0.25) is 5.95 Å². The summed E-state index contributed by atoms with van der Waals surface area (Å²) in [5, 5.41) is 4.87. The van der Waals surface area contributed by atoms with E-state index < -0.39 is 0 Å². The van der Waals surface area contributed by atoms with E-state index in [1.807, 2.05) is 18.2 Å². The number of aromatic nitrogens is 3. The van der Waals surface area contributed by atoms with Crippen LogP contribution in [0.1, 0.15) is 0 Å². The molecule has 0 unspecified atom stereocenters. The number of hydrogen-bond donors (Lipinski definition) is 1. The Hall–Kier alpha value is -3.28. The first-order valence-electron chi connectivity index (χ1n) is 6.95. The summed E-state index contributed by atoms with van der Waals surface area (Å²) in [4.78, 5) is 8.11. The van der Waals surface area contributed by atoms with Gasteiger partial charge in [-0.05, 0) is 42.5 Å². The Labute approximate surface area is 130 Å². The van der Waals surface area contributed by atoms with Crippen LogP contribution < -0.4 is 5.73 Å². The van der Waals surface area contributed by atoms with Crippen LogP contribution in [0.15, 0.2) is 59.3 Å². The number of rotatable bonds is 2. The molecule has 0 spiro atoms. The SMILES string of the molecule is Nc1nccc(-c2ccc3noc(-c4ccc(F)cc4)c3c2)n1. The van der Waals surface area contributed by atoms with Gasteiger partial charge in [-0.1, -0.05) is 11.2 Å². The number of nitrogens with zero attached hydrogens (tertiary/aromatic N) is 3. The molecule has 0 fully saturated rings. The topological polar surface area (TPSA) is 77.8 Å².